The minimum absolute atomic E-state index is 0.160. The summed E-state index contributed by atoms with van der Waals surface area (Å²) in [6, 6.07) is 0.476. The van der Waals surface area contributed by atoms with Crippen molar-refractivity contribution in [1.29, 1.82) is 0 Å². The number of piperidine rings is 1. The van der Waals surface area contributed by atoms with E-state index in [4.69, 9.17) is 0 Å². The first-order valence-corrected chi connectivity index (χ1v) is 5.03. The number of hydrogen-bond donors (Lipinski definition) is 1. The van der Waals surface area contributed by atoms with Crippen LogP contribution in [-0.4, -0.2) is 37.0 Å². The van der Waals surface area contributed by atoms with Gasteiger partial charge in [-0.05, 0) is 13.0 Å². The van der Waals surface area contributed by atoms with E-state index in [9.17, 15) is 4.79 Å². The highest BCUT2D eigenvalue weighted by molar-refractivity contribution is 5.85. The molecule has 0 aliphatic carbocycles. The van der Waals surface area contributed by atoms with Gasteiger partial charge in [-0.3, -0.25) is 4.79 Å². The molecule has 2 atom stereocenters. The highest BCUT2D eigenvalue weighted by Gasteiger charge is 2.52. The lowest BCUT2D eigenvalue weighted by molar-refractivity contribution is -0.134. The minimum atomic E-state index is -0.160. The second-order valence-corrected chi connectivity index (χ2v) is 4.80. The number of likely N-dealkylation sites (tertiary alicyclic amines) is 1. The summed E-state index contributed by atoms with van der Waals surface area (Å²) in [5, 5.41) is 3.37. The molecule has 1 amide bonds. The van der Waals surface area contributed by atoms with Crippen molar-refractivity contribution < 1.29 is 4.79 Å². The maximum Gasteiger partial charge on any atom is 0.228 e. The molecule has 74 valence electrons. The van der Waals surface area contributed by atoms with Crippen LogP contribution in [0, 0.1) is 11.3 Å². The summed E-state index contributed by atoms with van der Waals surface area (Å²) in [6.07, 6.45) is 1.11. The van der Waals surface area contributed by atoms with Gasteiger partial charge in [-0.25, -0.2) is 0 Å². The zero-order valence-corrected chi connectivity index (χ0v) is 8.63. The Morgan fingerprint density at radius 3 is 2.85 bits per heavy atom. The Hall–Kier alpha value is -0.570. The van der Waals surface area contributed by atoms with Gasteiger partial charge in [0.1, 0.15) is 0 Å². The van der Waals surface area contributed by atoms with Gasteiger partial charge in [0.15, 0.2) is 0 Å². The van der Waals surface area contributed by atoms with Crippen LogP contribution in [0.4, 0.5) is 0 Å². The first kappa shape index (κ1) is 9.00. The van der Waals surface area contributed by atoms with E-state index in [-0.39, 0.29) is 5.41 Å². The van der Waals surface area contributed by atoms with Gasteiger partial charge in [0, 0.05) is 31.0 Å². The summed E-state index contributed by atoms with van der Waals surface area (Å²) >= 11 is 0. The quantitative estimate of drug-likeness (QED) is 0.590. The van der Waals surface area contributed by atoms with Crippen molar-refractivity contribution >= 4 is 5.91 Å². The molecule has 2 fully saturated rings. The summed E-state index contributed by atoms with van der Waals surface area (Å²) in [5.74, 6) is 0.810. The van der Waals surface area contributed by atoms with Crippen LogP contribution in [0.2, 0.25) is 0 Å². The topological polar surface area (TPSA) is 32.3 Å². The van der Waals surface area contributed by atoms with Gasteiger partial charge in [-0.2, -0.15) is 0 Å². The number of carbonyl (C=O) groups excluding carboxylic acids is 1. The molecule has 2 rings (SSSR count). The lowest BCUT2D eigenvalue weighted by atomic mass is 9.76. The molecule has 3 nitrogen and oxygen atoms in total. The average molecular weight is 182 g/mol. The summed E-state index contributed by atoms with van der Waals surface area (Å²) < 4.78 is 0. The molecule has 0 saturated carbocycles. The Labute approximate surface area is 79.5 Å². The first-order chi connectivity index (χ1) is 6.05. The normalized spacial score (nSPS) is 37.8. The predicted octanol–water partition coefficient (Wildman–Crippen LogP) is 0.463. The summed E-state index contributed by atoms with van der Waals surface area (Å²) in [6.45, 7) is 6.19. The standard InChI is InChI=1S/C10H18N2O/c1-10(2)7-6-11-5-4-8(7)12(3)9(10)13/h7-8,11H,4-6H2,1-3H3. The fraction of sp³-hybridized carbons (Fsp3) is 0.900. The lowest BCUT2D eigenvalue weighted by Crippen LogP contribution is -2.44. The molecule has 0 aromatic carbocycles. The van der Waals surface area contributed by atoms with Crippen molar-refractivity contribution in [2.45, 2.75) is 26.3 Å². The third-order valence-electron chi connectivity index (χ3n) is 3.74. The Morgan fingerprint density at radius 2 is 2.23 bits per heavy atom. The Balaban J connectivity index is 2.29. The van der Waals surface area contributed by atoms with Crippen LogP contribution in [0.5, 0.6) is 0 Å². The van der Waals surface area contributed by atoms with Crippen LogP contribution in [0.3, 0.4) is 0 Å². The second kappa shape index (κ2) is 2.71. The van der Waals surface area contributed by atoms with Gasteiger partial charge in [0.25, 0.3) is 0 Å². The zero-order chi connectivity index (χ0) is 9.64. The van der Waals surface area contributed by atoms with E-state index in [0.29, 0.717) is 17.9 Å². The van der Waals surface area contributed by atoms with Crippen LogP contribution >= 0.6 is 0 Å². The molecule has 0 aromatic rings. The van der Waals surface area contributed by atoms with E-state index < -0.39 is 0 Å². The van der Waals surface area contributed by atoms with Crippen LogP contribution in [0.15, 0.2) is 0 Å². The van der Waals surface area contributed by atoms with Crippen LogP contribution in [-0.2, 0) is 4.79 Å². The van der Waals surface area contributed by atoms with Crippen molar-refractivity contribution in [3.63, 3.8) is 0 Å². The highest BCUT2D eigenvalue weighted by Crippen LogP contribution is 2.42. The number of hydrogen-bond acceptors (Lipinski definition) is 2. The molecule has 0 aromatic heterocycles. The van der Waals surface area contributed by atoms with Crippen LogP contribution in [0.1, 0.15) is 20.3 Å². The molecule has 2 saturated heterocycles. The van der Waals surface area contributed by atoms with Gasteiger partial charge in [-0.1, -0.05) is 13.8 Å². The zero-order valence-electron chi connectivity index (χ0n) is 8.63. The molecule has 2 heterocycles. The van der Waals surface area contributed by atoms with Gasteiger partial charge in [0.05, 0.1) is 0 Å². The smallest absolute Gasteiger partial charge is 0.228 e. The van der Waals surface area contributed by atoms with E-state index in [1.165, 1.54) is 0 Å². The number of fused-ring (bicyclic) bond motifs is 1. The average Bonchev–Trinajstić information content (AvgIpc) is 2.30. The number of rotatable bonds is 0. The summed E-state index contributed by atoms with van der Waals surface area (Å²) in [4.78, 5) is 13.8. The largest absolute Gasteiger partial charge is 0.342 e. The molecular formula is C10H18N2O. The van der Waals surface area contributed by atoms with E-state index in [1.807, 2.05) is 11.9 Å². The van der Waals surface area contributed by atoms with Crippen molar-refractivity contribution in [2.75, 3.05) is 20.1 Å². The second-order valence-electron chi connectivity index (χ2n) is 4.80. The number of nitrogens with zero attached hydrogens (tertiary/aromatic N) is 1. The van der Waals surface area contributed by atoms with Gasteiger partial charge < -0.3 is 10.2 Å². The van der Waals surface area contributed by atoms with Crippen molar-refractivity contribution in [3.05, 3.63) is 0 Å². The highest BCUT2D eigenvalue weighted by atomic mass is 16.2. The molecule has 0 spiro atoms. The van der Waals surface area contributed by atoms with E-state index >= 15 is 0 Å². The van der Waals surface area contributed by atoms with E-state index in [2.05, 4.69) is 19.2 Å². The molecule has 13 heavy (non-hydrogen) atoms. The number of carbonyl (C=O) groups is 1. The summed E-state index contributed by atoms with van der Waals surface area (Å²) in [7, 11) is 1.94. The molecular weight excluding hydrogens is 164 g/mol. The van der Waals surface area contributed by atoms with E-state index in [0.717, 1.165) is 19.5 Å². The molecule has 0 bridgehead atoms. The fourth-order valence-corrected chi connectivity index (χ4v) is 2.81. The van der Waals surface area contributed by atoms with Gasteiger partial charge >= 0.3 is 0 Å². The lowest BCUT2D eigenvalue weighted by Gasteiger charge is -2.32. The van der Waals surface area contributed by atoms with Crippen LogP contribution in [0.25, 0.3) is 0 Å². The van der Waals surface area contributed by atoms with Crippen molar-refractivity contribution in [2.24, 2.45) is 11.3 Å². The monoisotopic (exact) mass is 182 g/mol. The summed E-state index contributed by atoms with van der Waals surface area (Å²) in [5.41, 5.74) is -0.160. The Kier molecular flexibility index (Phi) is 1.88. The molecule has 2 aliphatic heterocycles. The molecule has 1 N–H and O–H groups in total. The van der Waals surface area contributed by atoms with E-state index in [1.54, 1.807) is 0 Å². The maximum absolute atomic E-state index is 11.9. The van der Waals surface area contributed by atoms with Crippen LogP contribution < -0.4 is 5.32 Å². The minimum Gasteiger partial charge on any atom is -0.342 e. The fourth-order valence-electron chi connectivity index (χ4n) is 2.81. The van der Waals surface area contributed by atoms with Gasteiger partial charge in [0.2, 0.25) is 5.91 Å². The molecule has 2 aliphatic rings. The Bertz CT molecular complexity index is 237. The first-order valence-electron chi connectivity index (χ1n) is 5.03. The number of amides is 1. The third-order valence-corrected chi connectivity index (χ3v) is 3.74. The van der Waals surface area contributed by atoms with Crippen molar-refractivity contribution in [1.82, 2.24) is 10.2 Å². The SMILES string of the molecule is CN1C(=O)C(C)(C)C2CNCCC21. The third kappa shape index (κ3) is 1.10. The van der Waals surface area contributed by atoms with Crippen molar-refractivity contribution in [3.8, 4) is 0 Å². The number of nitrogens with one attached hydrogen (secondary N) is 1. The molecule has 0 radical (unpaired) electrons. The Morgan fingerprint density at radius 1 is 1.54 bits per heavy atom. The molecule has 2 unspecified atom stereocenters. The predicted molar refractivity (Wildman–Crippen MR) is 51.3 cm³/mol. The maximum atomic E-state index is 11.9. The molecule has 3 heteroatoms. The van der Waals surface area contributed by atoms with Gasteiger partial charge in [-0.15, -0.1) is 0 Å².